The number of nitro benzene ring substituents is 1. The summed E-state index contributed by atoms with van der Waals surface area (Å²) in [5.74, 6) is -2.03. The number of amides is 2. The average Bonchev–Trinajstić information content (AvgIpc) is 3.61. The second kappa shape index (κ2) is 8.01. The minimum atomic E-state index is -0.966. The third-order valence-electron chi connectivity index (χ3n) is 7.71. The van der Waals surface area contributed by atoms with E-state index in [0.29, 0.717) is 17.2 Å². The van der Waals surface area contributed by atoms with Crippen LogP contribution in [-0.4, -0.2) is 40.3 Å². The molecular formula is C28H19N3O7. The van der Waals surface area contributed by atoms with Crippen molar-refractivity contribution in [2.75, 3.05) is 11.7 Å². The van der Waals surface area contributed by atoms with Crippen molar-refractivity contribution >= 4 is 35.0 Å². The van der Waals surface area contributed by atoms with Crippen LogP contribution in [0.2, 0.25) is 0 Å². The van der Waals surface area contributed by atoms with Crippen molar-refractivity contribution < 1.29 is 28.8 Å². The molecule has 2 saturated heterocycles. The van der Waals surface area contributed by atoms with Crippen molar-refractivity contribution in [3.8, 4) is 11.5 Å². The van der Waals surface area contributed by atoms with E-state index in [4.69, 9.17) is 9.47 Å². The molecule has 7 rings (SSSR count). The molecular weight excluding hydrogens is 490 g/mol. The molecule has 0 radical (unpaired) electrons. The molecule has 0 aliphatic carbocycles. The lowest BCUT2D eigenvalue weighted by Gasteiger charge is -2.35. The van der Waals surface area contributed by atoms with Gasteiger partial charge in [-0.3, -0.25) is 24.5 Å². The van der Waals surface area contributed by atoms with Crippen molar-refractivity contribution in [1.29, 1.82) is 0 Å². The van der Waals surface area contributed by atoms with Gasteiger partial charge < -0.3 is 14.4 Å². The Hall–Kier alpha value is -4.99. The van der Waals surface area contributed by atoms with Crippen LogP contribution in [0.15, 0.2) is 72.9 Å². The lowest BCUT2D eigenvalue weighted by molar-refractivity contribution is -0.384. The number of hydrogen-bond acceptors (Lipinski definition) is 8. The number of rotatable bonds is 4. The average molecular weight is 509 g/mol. The first kappa shape index (κ1) is 22.2. The number of Topliss-reactive ketones (excluding diaryl/α,β-unsaturated/α-hetero) is 1. The smallest absolute Gasteiger partial charge is 0.269 e. The molecule has 0 saturated carbocycles. The molecule has 4 aliphatic heterocycles. The minimum Gasteiger partial charge on any atom is -0.454 e. The van der Waals surface area contributed by atoms with Gasteiger partial charge in [-0.2, -0.15) is 0 Å². The zero-order valence-electron chi connectivity index (χ0n) is 19.7. The molecule has 0 spiro atoms. The van der Waals surface area contributed by atoms with Gasteiger partial charge in [-0.15, -0.1) is 0 Å². The Labute approximate surface area is 215 Å². The number of ketones is 1. The highest BCUT2D eigenvalue weighted by molar-refractivity contribution is 6.24. The number of anilines is 1. The number of non-ortho nitro benzene ring substituents is 1. The fraction of sp³-hybridized carbons (Fsp3) is 0.179. The molecule has 10 nitrogen and oxygen atoms in total. The van der Waals surface area contributed by atoms with Crippen molar-refractivity contribution in [2.24, 2.45) is 11.8 Å². The topological polar surface area (TPSA) is 119 Å². The van der Waals surface area contributed by atoms with Gasteiger partial charge in [0.2, 0.25) is 18.6 Å². The zero-order chi connectivity index (χ0) is 26.1. The van der Waals surface area contributed by atoms with Gasteiger partial charge in [-0.05, 0) is 41.5 Å². The van der Waals surface area contributed by atoms with Crippen molar-refractivity contribution in [2.45, 2.75) is 12.1 Å². The Bertz CT molecular complexity index is 1580. The molecule has 4 heterocycles. The van der Waals surface area contributed by atoms with Crippen LogP contribution < -0.4 is 14.4 Å². The molecule has 0 bridgehead atoms. The third kappa shape index (κ3) is 3.03. The molecule has 0 unspecified atom stereocenters. The van der Waals surface area contributed by atoms with E-state index in [0.717, 1.165) is 16.0 Å². The van der Waals surface area contributed by atoms with Gasteiger partial charge in [0.15, 0.2) is 17.3 Å². The molecule has 0 N–H and O–H groups in total. The summed E-state index contributed by atoms with van der Waals surface area (Å²) < 4.78 is 10.8. The normalized spacial score (nSPS) is 24.3. The van der Waals surface area contributed by atoms with Gasteiger partial charge >= 0.3 is 0 Å². The lowest BCUT2D eigenvalue weighted by atomic mass is 9.83. The van der Waals surface area contributed by atoms with Gasteiger partial charge in [-0.25, -0.2) is 4.90 Å². The second-order valence-corrected chi connectivity index (χ2v) is 9.55. The predicted octanol–water partition coefficient (Wildman–Crippen LogP) is 3.72. The van der Waals surface area contributed by atoms with E-state index >= 15 is 0 Å². The summed E-state index contributed by atoms with van der Waals surface area (Å²) >= 11 is 0. The molecule has 10 heteroatoms. The number of fused-ring (bicyclic) bond motifs is 6. The fourth-order valence-corrected chi connectivity index (χ4v) is 6.05. The molecule has 3 aromatic carbocycles. The van der Waals surface area contributed by atoms with Crippen LogP contribution in [0, 0.1) is 22.0 Å². The number of carbonyl (C=O) groups is 3. The summed E-state index contributed by atoms with van der Waals surface area (Å²) in [6.07, 6.45) is 3.64. The summed E-state index contributed by atoms with van der Waals surface area (Å²) in [6, 6.07) is 16.3. The maximum absolute atomic E-state index is 14.0. The maximum atomic E-state index is 14.0. The Morgan fingerprint density at radius 1 is 0.921 bits per heavy atom. The maximum Gasteiger partial charge on any atom is 0.269 e. The highest BCUT2D eigenvalue weighted by Gasteiger charge is 2.64. The summed E-state index contributed by atoms with van der Waals surface area (Å²) in [7, 11) is 0. The van der Waals surface area contributed by atoms with E-state index in [9.17, 15) is 24.5 Å². The molecule has 0 aromatic heterocycles. The Morgan fingerprint density at radius 3 is 2.45 bits per heavy atom. The first-order chi connectivity index (χ1) is 18.4. The largest absolute Gasteiger partial charge is 0.454 e. The summed E-state index contributed by atoms with van der Waals surface area (Å²) in [5, 5.41) is 11.1. The van der Waals surface area contributed by atoms with Crippen LogP contribution >= 0.6 is 0 Å². The van der Waals surface area contributed by atoms with Gasteiger partial charge in [0.25, 0.3) is 5.69 Å². The summed E-state index contributed by atoms with van der Waals surface area (Å²) in [5.41, 5.74) is 2.22. The monoisotopic (exact) mass is 509 g/mol. The molecule has 38 heavy (non-hydrogen) atoms. The van der Waals surface area contributed by atoms with Gasteiger partial charge in [0.1, 0.15) is 6.04 Å². The third-order valence-corrected chi connectivity index (χ3v) is 7.71. The number of nitro groups is 1. The highest BCUT2D eigenvalue weighted by atomic mass is 16.7. The lowest BCUT2D eigenvalue weighted by Crippen LogP contribution is -2.44. The van der Waals surface area contributed by atoms with E-state index in [1.165, 1.54) is 24.3 Å². The Morgan fingerprint density at radius 2 is 1.66 bits per heavy atom. The van der Waals surface area contributed by atoms with Gasteiger partial charge in [0.05, 0.1) is 28.5 Å². The quantitative estimate of drug-likeness (QED) is 0.226. The van der Waals surface area contributed by atoms with Crippen LogP contribution in [0.4, 0.5) is 11.4 Å². The molecule has 4 aliphatic rings. The van der Waals surface area contributed by atoms with Crippen LogP contribution in [0.3, 0.4) is 0 Å². The van der Waals surface area contributed by atoms with Gasteiger partial charge in [0, 0.05) is 30.0 Å². The minimum absolute atomic E-state index is 0.0535. The highest BCUT2D eigenvalue weighted by Crippen LogP contribution is 2.54. The zero-order valence-corrected chi connectivity index (χ0v) is 19.7. The van der Waals surface area contributed by atoms with Gasteiger partial charge in [-0.1, -0.05) is 24.3 Å². The fourth-order valence-electron chi connectivity index (χ4n) is 6.05. The molecule has 3 aromatic rings. The van der Waals surface area contributed by atoms with Crippen LogP contribution in [0.5, 0.6) is 11.5 Å². The number of imide groups is 1. The van der Waals surface area contributed by atoms with E-state index in [1.807, 2.05) is 30.3 Å². The summed E-state index contributed by atoms with van der Waals surface area (Å²) in [6.45, 7) is 0.0535. The van der Waals surface area contributed by atoms with Crippen LogP contribution in [0.25, 0.3) is 6.08 Å². The van der Waals surface area contributed by atoms with Crippen LogP contribution in [-0.2, 0) is 9.59 Å². The molecule has 4 atom stereocenters. The Kier molecular flexibility index (Phi) is 4.68. The molecule has 188 valence electrons. The van der Waals surface area contributed by atoms with E-state index in [1.54, 1.807) is 29.3 Å². The van der Waals surface area contributed by atoms with Crippen molar-refractivity contribution in [1.82, 2.24) is 4.90 Å². The van der Waals surface area contributed by atoms with Crippen molar-refractivity contribution in [3.63, 3.8) is 0 Å². The van der Waals surface area contributed by atoms with Crippen LogP contribution in [0.1, 0.15) is 27.5 Å². The molecule has 2 fully saturated rings. The van der Waals surface area contributed by atoms with E-state index < -0.39 is 40.7 Å². The standard InChI is InChI=1S/C28H19N3O7/c32-26(16-5-7-17(8-6-16)31(35)36)25-23-22(24-19-4-2-1-3-15(19)11-12-29(24)25)27(33)30(28(23)34)18-9-10-20-21(13-18)38-14-37-20/h1-13,22-25H,14H2/t22-,23-,24-,25+/m1/s1. The number of nitrogens with zero attached hydrogens (tertiary/aromatic N) is 3. The van der Waals surface area contributed by atoms with Crippen molar-refractivity contribution in [3.05, 3.63) is 99.7 Å². The predicted molar refractivity (Wildman–Crippen MR) is 133 cm³/mol. The summed E-state index contributed by atoms with van der Waals surface area (Å²) in [4.78, 5) is 55.4. The second-order valence-electron chi connectivity index (χ2n) is 9.55. The first-order valence-electron chi connectivity index (χ1n) is 12.0. The SMILES string of the molecule is O=C(c1ccc([N+](=O)[O-])cc1)[C@@H]1[C@@H]2C(=O)N(c3ccc4c(c3)OCO4)C(=O)[C@H]2[C@H]2c3ccccc3C=CN12. The first-order valence-corrected chi connectivity index (χ1v) is 12.0. The number of ether oxygens (including phenoxy) is 2. The Balaban J connectivity index is 1.34. The van der Waals surface area contributed by atoms with E-state index in [-0.39, 0.29) is 23.8 Å². The number of carbonyl (C=O) groups excluding carboxylic acids is 3. The molecule has 2 amide bonds. The van der Waals surface area contributed by atoms with E-state index in [2.05, 4.69) is 0 Å². The number of benzene rings is 3. The number of hydrogen-bond donors (Lipinski definition) is 0.